The second-order valence-corrected chi connectivity index (χ2v) is 4.56. The van der Waals surface area contributed by atoms with Crippen molar-refractivity contribution in [3.63, 3.8) is 0 Å². The fourth-order valence-corrected chi connectivity index (χ4v) is 1.81. The molecule has 0 aliphatic heterocycles. The van der Waals surface area contributed by atoms with Crippen LogP contribution in [0.4, 0.5) is 0 Å². The summed E-state index contributed by atoms with van der Waals surface area (Å²) in [6.07, 6.45) is 0.756. The number of rotatable bonds is 3. The van der Waals surface area contributed by atoms with E-state index >= 15 is 0 Å². The molecule has 2 nitrogen and oxygen atoms in total. The van der Waals surface area contributed by atoms with E-state index < -0.39 is 0 Å². The van der Waals surface area contributed by atoms with E-state index in [-0.39, 0.29) is 0 Å². The Bertz CT molecular complexity index is 591. The minimum Gasteiger partial charge on any atom is -0.456 e. The van der Waals surface area contributed by atoms with Gasteiger partial charge in [0.1, 0.15) is 17.8 Å². The minimum atomic E-state index is 0.429. The molecule has 2 rings (SSSR count). The number of aldehydes is 1. The number of ether oxygens (including phenoxy) is 1. The third kappa shape index (κ3) is 2.71. The van der Waals surface area contributed by atoms with Crippen molar-refractivity contribution >= 4 is 17.9 Å². The molecule has 0 bridgehead atoms. The van der Waals surface area contributed by atoms with Crippen molar-refractivity contribution in [3.05, 3.63) is 58.1 Å². The van der Waals surface area contributed by atoms with Crippen molar-refractivity contribution < 1.29 is 9.53 Å². The highest BCUT2D eigenvalue weighted by Crippen LogP contribution is 2.30. The monoisotopic (exact) mass is 260 g/mol. The molecule has 0 saturated carbocycles. The Labute approximate surface area is 111 Å². The highest BCUT2D eigenvalue weighted by atomic mass is 35.5. The molecule has 92 valence electrons. The lowest BCUT2D eigenvalue weighted by Gasteiger charge is -2.09. The summed E-state index contributed by atoms with van der Waals surface area (Å²) >= 11 is 6.05. The SMILES string of the molecule is Cc1ccc(Oc2ccc(C=O)cc2Cl)cc1C. The maximum absolute atomic E-state index is 10.6. The number of halogens is 1. The van der Waals surface area contributed by atoms with Crippen molar-refractivity contribution in [3.8, 4) is 11.5 Å². The molecule has 3 heteroatoms. The fraction of sp³-hybridized carbons (Fsp3) is 0.133. The Balaban J connectivity index is 2.28. The first-order valence-electron chi connectivity index (χ1n) is 5.60. The fourth-order valence-electron chi connectivity index (χ4n) is 1.58. The van der Waals surface area contributed by atoms with E-state index in [9.17, 15) is 4.79 Å². The molecule has 0 aliphatic rings. The first-order chi connectivity index (χ1) is 8.60. The maximum Gasteiger partial charge on any atom is 0.150 e. The number of benzene rings is 2. The summed E-state index contributed by atoms with van der Waals surface area (Å²) in [7, 11) is 0. The van der Waals surface area contributed by atoms with Gasteiger partial charge in [0.2, 0.25) is 0 Å². The molecule has 0 N–H and O–H groups in total. The van der Waals surface area contributed by atoms with E-state index in [4.69, 9.17) is 16.3 Å². The zero-order valence-electron chi connectivity index (χ0n) is 10.2. The molecule has 0 aliphatic carbocycles. The lowest BCUT2D eigenvalue weighted by atomic mass is 10.1. The van der Waals surface area contributed by atoms with Gasteiger partial charge in [0.15, 0.2) is 0 Å². The van der Waals surface area contributed by atoms with Gasteiger partial charge in [-0.05, 0) is 55.3 Å². The average Bonchev–Trinajstić information content (AvgIpc) is 2.36. The van der Waals surface area contributed by atoms with Crippen LogP contribution in [-0.4, -0.2) is 6.29 Å². The summed E-state index contributed by atoms with van der Waals surface area (Å²) in [5.74, 6) is 1.28. The van der Waals surface area contributed by atoms with Gasteiger partial charge < -0.3 is 4.74 Å². The molecule has 0 atom stereocenters. The number of carbonyl (C=O) groups excluding carboxylic acids is 1. The van der Waals surface area contributed by atoms with Gasteiger partial charge in [-0.25, -0.2) is 0 Å². The van der Waals surface area contributed by atoms with Gasteiger partial charge >= 0.3 is 0 Å². The molecule has 0 unspecified atom stereocenters. The second kappa shape index (κ2) is 5.23. The predicted octanol–water partition coefficient (Wildman–Crippen LogP) is 4.56. The third-order valence-electron chi connectivity index (χ3n) is 2.80. The molecule has 18 heavy (non-hydrogen) atoms. The Hall–Kier alpha value is -1.80. The van der Waals surface area contributed by atoms with Crippen molar-refractivity contribution in [1.29, 1.82) is 0 Å². The van der Waals surface area contributed by atoms with Crippen molar-refractivity contribution in [2.75, 3.05) is 0 Å². The van der Waals surface area contributed by atoms with E-state index in [0.29, 0.717) is 16.3 Å². The number of hydrogen-bond donors (Lipinski definition) is 0. The normalized spacial score (nSPS) is 10.2. The van der Waals surface area contributed by atoms with Gasteiger partial charge in [0.05, 0.1) is 5.02 Å². The van der Waals surface area contributed by atoms with Crippen molar-refractivity contribution in [1.82, 2.24) is 0 Å². The first kappa shape index (κ1) is 12.7. The van der Waals surface area contributed by atoms with Crippen LogP contribution >= 0.6 is 11.6 Å². The predicted molar refractivity (Wildman–Crippen MR) is 72.8 cm³/mol. The Kier molecular flexibility index (Phi) is 3.68. The molecule has 0 aromatic heterocycles. The smallest absolute Gasteiger partial charge is 0.150 e. The van der Waals surface area contributed by atoms with Gasteiger partial charge in [-0.1, -0.05) is 17.7 Å². The molecular formula is C15H13ClO2. The van der Waals surface area contributed by atoms with Crippen LogP contribution in [0.5, 0.6) is 11.5 Å². The molecule has 2 aromatic rings. The Morgan fingerprint density at radius 2 is 1.83 bits per heavy atom. The van der Waals surface area contributed by atoms with Gasteiger partial charge in [0, 0.05) is 5.56 Å². The van der Waals surface area contributed by atoms with Crippen LogP contribution in [0.25, 0.3) is 0 Å². The van der Waals surface area contributed by atoms with Crippen LogP contribution in [-0.2, 0) is 0 Å². The van der Waals surface area contributed by atoms with E-state index in [1.807, 2.05) is 32.0 Å². The topological polar surface area (TPSA) is 26.3 Å². The van der Waals surface area contributed by atoms with Gasteiger partial charge in [-0.3, -0.25) is 4.79 Å². The largest absolute Gasteiger partial charge is 0.456 e. The number of aryl methyl sites for hydroxylation is 2. The first-order valence-corrected chi connectivity index (χ1v) is 5.98. The summed E-state index contributed by atoms with van der Waals surface area (Å²) < 4.78 is 5.70. The van der Waals surface area contributed by atoms with Crippen LogP contribution in [0.2, 0.25) is 5.02 Å². The molecule has 0 fully saturated rings. The van der Waals surface area contributed by atoms with E-state index in [2.05, 4.69) is 0 Å². The standard InChI is InChI=1S/C15H13ClO2/c1-10-3-5-13(7-11(10)2)18-15-6-4-12(9-17)8-14(15)16/h3-9H,1-2H3. The summed E-state index contributed by atoms with van der Waals surface area (Å²) in [5.41, 5.74) is 2.91. The van der Waals surface area contributed by atoms with Gasteiger partial charge in [-0.15, -0.1) is 0 Å². The minimum absolute atomic E-state index is 0.429. The molecule has 0 saturated heterocycles. The lowest BCUT2D eigenvalue weighted by molar-refractivity contribution is 0.112. The van der Waals surface area contributed by atoms with Crippen LogP contribution in [0.3, 0.4) is 0 Å². The molecule has 0 heterocycles. The highest BCUT2D eigenvalue weighted by Gasteiger charge is 2.05. The quantitative estimate of drug-likeness (QED) is 0.756. The Morgan fingerprint density at radius 1 is 1.06 bits per heavy atom. The number of hydrogen-bond acceptors (Lipinski definition) is 2. The summed E-state index contributed by atoms with van der Waals surface area (Å²) in [4.78, 5) is 10.6. The molecule has 0 amide bonds. The van der Waals surface area contributed by atoms with E-state index in [1.165, 1.54) is 5.56 Å². The molecule has 0 radical (unpaired) electrons. The lowest BCUT2D eigenvalue weighted by Crippen LogP contribution is -1.89. The van der Waals surface area contributed by atoms with Crippen molar-refractivity contribution in [2.45, 2.75) is 13.8 Å². The van der Waals surface area contributed by atoms with E-state index in [1.54, 1.807) is 18.2 Å². The van der Waals surface area contributed by atoms with Crippen LogP contribution in [0.15, 0.2) is 36.4 Å². The molecule has 0 spiro atoms. The molecule has 2 aromatic carbocycles. The average molecular weight is 261 g/mol. The van der Waals surface area contributed by atoms with Gasteiger partial charge in [0.25, 0.3) is 0 Å². The van der Waals surface area contributed by atoms with E-state index in [0.717, 1.165) is 17.6 Å². The van der Waals surface area contributed by atoms with Crippen LogP contribution in [0.1, 0.15) is 21.5 Å². The summed E-state index contributed by atoms with van der Waals surface area (Å²) in [6, 6.07) is 10.8. The highest BCUT2D eigenvalue weighted by molar-refractivity contribution is 6.32. The third-order valence-corrected chi connectivity index (χ3v) is 3.09. The van der Waals surface area contributed by atoms with Crippen molar-refractivity contribution in [2.24, 2.45) is 0 Å². The maximum atomic E-state index is 10.6. The summed E-state index contributed by atoms with van der Waals surface area (Å²) in [6.45, 7) is 4.07. The zero-order chi connectivity index (χ0) is 13.1. The summed E-state index contributed by atoms with van der Waals surface area (Å²) in [5, 5.41) is 0.429. The van der Waals surface area contributed by atoms with Crippen LogP contribution in [0, 0.1) is 13.8 Å². The molecular weight excluding hydrogens is 248 g/mol. The Morgan fingerprint density at radius 3 is 2.44 bits per heavy atom. The number of carbonyl (C=O) groups is 1. The van der Waals surface area contributed by atoms with Crippen LogP contribution < -0.4 is 4.74 Å². The zero-order valence-corrected chi connectivity index (χ0v) is 11.0. The van der Waals surface area contributed by atoms with Gasteiger partial charge in [-0.2, -0.15) is 0 Å². The second-order valence-electron chi connectivity index (χ2n) is 4.16.